The monoisotopic (exact) mass is 387 g/mol. The van der Waals surface area contributed by atoms with Crippen LogP contribution in [-0.2, 0) is 22.7 Å². The van der Waals surface area contributed by atoms with Crippen molar-refractivity contribution in [1.29, 1.82) is 0 Å². The Morgan fingerprint density at radius 3 is 2.56 bits per heavy atom. The molecule has 7 heteroatoms. The third kappa shape index (κ3) is 4.14. The molecule has 27 heavy (non-hydrogen) atoms. The minimum absolute atomic E-state index is 0.0457. The highest BCUT2D eigenvalue weighted by Gasteiger charge is 2.32. The zero-order valence-corrected chi connectivity index (χ0v) is 16.6. The molecule has 4 rings (SSSR count). The van der Waals surface area contributed by atoms with E-state index in [9.17, 15) is 4.79 Å². The number of rotatable bonds is 6. The minimum atomic E-state index is -0.0752. The van der Waals surface area contributed by atoms with Crippen molar-refractivity contribution in [3.63, 3.8) is 0 Å². The molecular formula is C20H27N4O2S+. The van der Waals surface area contributed by atoms with Gasteiger partial charge in [-0.2, -0.15) is 9.78 Å². The average molecular weight is 388 g/mol. The van der Waals surface area contributed by atoms with Crippen LogP contribution in [0.15, 0.2) is 30.3 Å². The summed E-state index contributed by atoms with van der Waals surface area (Å²) in [5.74, 6) is 1.66. The zero-order valence-electron chi connectivity index (χ0n) is 15.8. The van der Waals surface area contributed by atoms with Crippen LogP contribution in [0.25, 0.3) is 0 Å². The molecule has 0 atom stereocenters. The number of benzene rings is 1. The Morgan fingerprint density at radius 1 is 1.22 bits per heavy atom. The van der Waals surface area contributed by atoms with Gasteiger partial charge in [-0.3, -0.25) is 9.36 Å². The van der Waals surface area contributed by atoms with Gasteiger partial charge in [0.15, 0.2) is 6.67 Å². The summed E-state index contributed by atoms with van der Waals surface area (Å²) in [4.78, 5) is 13.1. The Balaban J connectivity index is 1.48. The largest absolute Gasteiger partial charge is 0.469 e. The van der Waals surface area contributed by atoms with Crippen LogP contribution >= 0.6 is 12.2 Å². The third-order valence-electron chi connectivity index (χ3n) is 5.68. The first kappa shape index (κ1) is 18.4. The number of ether oxygens (including phenoxy) is 1. The quantitative estimate of drug-likeness (QED) is 0.606. The molecule has 1 saturated carbocycles. The molecule has 1 aliphatic heterocycles. The van der Waals surface area contributed by atoms with Crippen LogP contribution in [-0.4, -0.2) is 40.5 Å². The van der Waals surface area contributed by atoms with Gasteiger partial charge in [-0.1, -0.05) is 30.3 Å². The third-order valence-corrected chi connectivity index (χ3v) is 6.11. The van der Waals surface area contributed by atoms with Gasteiger partial charge in [-0.25, -0.2) is 0 Å². The Kier molecular flexibility index (Phi) is 5.41. The first-order valence-electron chi connectivity index (χ1n) is 9.78. The molecule has 2 aromatic rings. The van der Waals surface area contributed by atoms with Crippen LogP contribution in [0.1, 0.15) is 43.0 Å². The second-order valence-corrected chi connectivity index (χ2v) is 8.06. The molecular weight excluding hydrogens is 360 g/mol. The van der Waals surface area contributed by atoms with E-state index in [0.717, 1.165) is 49.7 Å². The summed E-state index contributed by atoms with van der Waals surface area (Å²) in [6, 6.07) is 10.4. The molecule has 2 heterocycles. The summed E-state index contributed by atoms with van der Waals surface area (Å²) in [6.45, 7) is 3.46. The van der Waals surface area contributed by atoms with Crippen molar-refractivity contribution >= 4 is 18.2 Å². The van der Waals surface area contributed by atoms with Gasteiger partial charge < -0.3 is 9.64 Å². The van der Waals surface area contributed by atoms with Crippen molar-refractivity contribution in [1.82, 2.24) is 14.3 Å². The van der Waals surface area contributed by atoms with Crippen LogP contribution in [0.4, 0.5) is 0 Å². The number of aromatic nitrogens is 3. The number of quaternary nitrogens is 1. The molecule has 6 nitrogen and oxygen atoms in total. The number of hydrogen-bond donors (Lipinski definition) is 1. The molecule has 0 spiro atoms. The van der Waals surface area contributed by atoms with E-state index in [1.54, 1.807) is 0 Å². The van der Waals surface area contributed by atoms with Crippen molar-refractivity contribution in [3.8, 4) is 0 Å². The second-order valence-electron chi connectivity index (χ2n) is 7.69. The highest BCUT2D eigenvalue weighted by molar-refractivity contribution is 7.71. The number of nitrogens with zero attached hydrogens (tertiary/aromatic N) is 3. The molecule has 0 unspecified atom stereocenters. The van der Waals surface area contributed by atoms with Crippen LogP contribution < -0.4 is 4.90 Å². The minimum Gasteiger partial charge on any atom is -0.469 e. The summed E-state index contributed by atoms with van der Waals surface area (Å²) in [6.07, 6.45) is 4.15. The van der Waals surface area contributed by atoms with Gasteiger partial charge in [0, 0.05) is 18.8 Å². The number of carbonyl (C=O) groups excluding carboxylic acids is 1. The molecule has 1 aromatic heterocycles. The molecule has 1 aromatic carbocycles. The van der Waals surface area contributed by atoms with Crippen LogP contribution in [0.2, 0.25) is 0 Å². The van der Waals surface area contributed by atoms with E-state index in [4.69, 9.17) is 22.1 Å². The maximum atomic E-state index is 11.7. The number of nitrogens with one attached hydrogen (secondary N) is 1. The molecule has 2 fully saturated rings. The predicted octanol–water partition coefficient (Wildman–Crippen LogP) is 1.77. The Morgan fingerprint density at radius 2 is 1.93 bits per heavy atom. The summed E-state index contributed by atoms with van der Waals surface area (Å²) in [7, 11) is 1.47. The second kappa shape index (κ2) is 7.94. The van der Waals surface area contributed by atoms with E-state index in [1.807, 2.05) is 10.7 Å². The predicted molar refractivity (Wildman–Crippen MR) is 104 cm³/mol. The zero-order chi connectivity index (χ0) is 18.8. The lowest BCUT2D eigenvalue weighted by molar-refractivity contribution is -0.929. The van der Waals surface area contributed by atoms with E-state index in [1.165, 1.54) is 30.4 Å². The molecule has 1 aliphatic carbocycles. The molecule has 1 N–H and O–H groups in total. The number of carbonyl (C=O) groups is 1. The molecule has 1 saturated heterocycles. The van der Waals surface area contributed by atoms with E-state index < -0.39 is 0 Å². The fourth-order valence-corrected chi connectivity index (χ4v) is 4.18. The lowest BCUT2D eigenvalue weighted by Gasteiger charge is -2.27. The van der Waals surface area contributed by atoms with Gasteiger partial charge in [0.2, 0.25) is 4.77 Å². The van der Waals surface area contributed by atoms with E-state index in [0.29, 0.717) is 5.92 Å². The van der Waals surface area contributed by atoms with Crippen LogP contribution in [0.5, 0.6) is 0 Å². The van der Waals surface area contributed by atoms with E-state index in [2.05, 4.69) is 28.8 Å². The van der Waals surface area contributed by atoms with Gasteiger partial charge in [-0.15, -0.1) is 0 Å². The normalized spacial score (nSPS) is 22.6. The van der Waals surface area contributed by atoms with Crippen molar-refractivity contribution < 1.29 is 14.4 Å². The number of likely N-dealkylation sites (tertiary alicyclic amines) is 1. The number of methoxy groups -OCH3 is 1. The van der Waals surface area contributed by atoms with Crippen LogP contribution in [0.3, 0.4) is 0 Å². The maximum absolute atomic E-state index is 11.7. The lowest BCUT2D eigenvalue weighted by atomic mass is 9.97. The highest BCUT2D eigenvalue weighted by Crippen LogP contribution is 2.39. The fraction of sp³-hybridized carbons (Fsp3) is 0.550. The number of hydrogen-bond acceptors (Lipinski definition) is 4. The number of piperidine rings is 1. The highest BCUT2D eigenvalue weighted by atomic mass is 32.1. The van der Waals surface area contributed by atoms with Crippen molar-refractivity contribution in [2.24, 2.45) is 5.92 Å². The first-order valence-corrected chi connectivity index (χ1v) is 10.2. The fourth-order valence-electron chi connectivity index (χ4n) is 3.92. The average Bonchev–Trinajstić information content (AvgIpc) is 3.51. The van der Waals surface area contributed by atoms with Crippen LogP contribution in [0, 0.1) is 10.7 Å². The van der Waals surface area contributed by atoms with Gasteiger partial charge >= 0.3 is 5.97 Å². The Labute approximate surface area is 164 Å². The Hall–Kier alpha value is -1.99. The van der Waals surface area contributed by atoms with Crippen molar-refractivity contribution in [2.45, 2.75) is 44.8 Å². The van der Waals surface area contributed by atoms with E-state index >= 15 is 0 Å². The van der Waals surface area contributed by atoms with Crippen molar-refractivity contribution in [2.75, 3.05) is 20.2 Å². The molecule has 144 valence electrons. The molecule has 0 radical (unpaired) electrons. The molecule has 0 amide bonds. The summed E-state index contributed by atoms with van der Waals surface area (Å²) in [5.41, 5.74) is 1.25. The maximum Gasteiger partial charge on any atom is 0.309 e. The summed E-state index contributed by atoms with van der Waals surface area (Å²) < 4.78 is 9.91. The van der Waals surface area contributed by atoms with Gasteiger partial charge in [0.25, 0.3) is 0 Å². The number of esters is 1. The van der Waals surface area contributed by atoms with Crippen molar-refractivity contribution in [3.05, 3.63) is 46.5 Å². The van der Waals surface area contributed by atoms with Gasteiger partial charge in [0.05, 0.1) is 32.7 Å². The van der Waals surface area contributed by atoms with Gasteiger partial charge in [0.1, 0.15) is 5.82 Å². The first-order chi connectivity index (χ1) is 13.2. The molecule has 0 bridgehead atoms. The molecule has 2 aliphatic rings. The van der Waals surface area contributed by atoms with Gasteiger partial charge in [-0.05, 0) is 30.6 Å². The summed E-state index contributed by atoms with van der Waals surface area (Å²) in [5, 5.41) is 4.90. The van der Waals surface area contributed by atoms with E-state index in [-0.39, 0.29) is 11.9 Å². The summed E-state index contributed by atoms with van der Waals surface area (Å²) >= 11 is 5.79. The standard InChI is InChI=1S/C20H26N4O2S/c1-26-19(25)17-9-11-22(12-10-17)14-24-20(27)23(18(21-24)16-7-8-16)13-15-5-3-2-4-6-15/h2-6,16-17H,7-14H2,1H3/p+1. The Bertz CT molecular complexity index is 849. The smallest absolute Gasteiger partial charge is 0.309 e. The lowest BCUT2D eigenvalue weighted by Crippen LogP contribution is -3.12. The SMILES string of the molecule is COC(=O)C1CC[NH+](Cn2nc(C3CC3)n(Cc3ccccc3)c2=S)CC1. The topological polar surface area (TPSA) is 53.5 Å².